The zero-order valence-corrected chi connectivity index (χ0v) is 17.4. The first kappa shape index (κ1) is 25.4. The highest BCUT2D eigenvalue weighted by atomic mass is 35.5. The first-order valence-electron chi connectivity index (χ1n) is 8.68. The van der Waals surface area contributed by atoms with Gasteiger partial charge in [0.15, 0.2) is 15.4 Å². The molecule has 7 nitrogen and oxygen atoms in total. The lowest BCUT2D eigenvalue weighted by molar-refractivity contribution is -0.134. The van der Waals surface area contributed by atoms with E-state index in [1.165, 1.54) is 0 Å². The number of carbonyl (C=O) groups excluding carboxylic acids is 2. The molecule has 1 amide bonds. The van der Waals surface area contributed by atoms with Crippen molar-refractivity contribution >= 4 is 33.9 Å². The molecule has 0 aliphatic rings. The minimum absolute atomic E-state index is 0. The van der Waals surface area contributed by atoms with Crippen LogP contribution < -0.4 is 16.2 Å². The molecule has 4 N–H and O–H groups in total. The highest BCUT2D eigenvalue weighted by Crippen LogP contribution is 2.20. The Bertz CT molecular complexity index is 706. The van der Waals surface area contributed by atoms with Crippen LogP contribution in [0.15, 0.2) is 30.3 Å². The number of Topliss-reactive ketones (excluding diaryl/α,β-unsaturated/α-hetero) is 1. The molecule has 0 spiro atoms. The number of ether oxygens (including phenoxy) is 1. The van der Waals surface area contributed by atoms with E-state index >= 15 is 0 Å². The molecule has 0 unspecified atom stereocenters. The Balaban J connectivity index is 0.00000676. The summed E-state index contributed by atoms with van der Waals surface area (Å²) < 4.78 is 30.8. The molecule has 9 heteroatoms. The molecule has 1 rings (SSSR count). The van der Waals surface area contributed by atoms with Crippen LogP contribution >= 0.6 is 12.4 Å². The fraction of sp³-hybridized carbons (Fsp3) is 0.556. The molecular weight excluding hydrogens is 392 g/mol. The summed E-state index contributed by atoms with van der Waals surface area (Å²) in [7, 11) is -3.78. The molecule has 1 aromatic rings. The Morgan fingerprint density at radius 1 is 1.11 bits per heavy atom. The van der Waals surface area contributed by atoms with E-state index in [4.69, 9.17) is 16.2 Å². The van der Waals surface area contributed by atoms with Crippen molar-refractivity contribution in [2.75, 3.05) is 12.4 Å². The van der Waals surface area contributed by atoms with Gasteiger partial charge in [0.25, 0.3) is 0 Å². The number of nitrogens with two attached hydrogens (primary N) is 2. The minimum Gasteiger partial charge on any atom is -0.486 e. The number of rotatable bonds is 12. The van der Waals surface area contributed by atoms with E-state index < -0.39 is 44.7 Å². The van der Waals surface area contributed by atoms with Crippen LogP contribution in [0.4, 0.5) is 0 Å². The summed E-state index contributed by atoms with van der Waals surface area (Å²) in [6.07, 6.45) is 2.23. The summed E-state index contributed by atoms with van der Waals surface area (Å²) in [5, 5.41) is -0.650. The molecule has 0 aliphatic carbocycles. The molecule has 27 heavy (non-hydrogen) atoms. The van der Waals surface area contributed by atoms with Crippen molar-refractivity contribution in [3.05, 3.63) is 30.3 Å². The third kappa shape index (κ3) is 7.12. The van der Waals surface area contributed by atoms with Crippen molar-refractivity contribution in [1.82, 2.24) is 0 Å². The summed E-state index contributed by atoms with van der Waals surface area (Å²) in [6.45, 7) is 3.22. The van der Waals surface area contributed by atoms with E-state index in [9.17, 15) is 18.0 Å². The molecule has 154 valence electrons. The van der Waals surface area contributed by atoms with E-state index in [1.807, 2.05) is 13.8 Å². The quantitative estimate of drug-likeness (QED) is 0.494. The zero-order valence-electron chi connectivity index (χ0n) is 15.7. The molecule has 0 heterocycles. The smallest absolute Gasteiger partial charge is 0.246 e. The Morgan fingerprint density at radius 3 is 2.07 bits per heavy atom. The fourth-order valence-corrected chi connectivity index (χ4v) is 5.03. The molecule has 0 radical (unpaired) electrons. The number of carbonyl (C=O) groups is 2. The van der Waals surface area contributed by atoms with Gasteiger partial charge in [0.05, 0.1) is 11.0 Å². The molecule has 0 saturated carbocycles. The molecule has 0 saturated heterocycles. The second-order valence-electron chi connectivity index (χ2n) is 6.37. The Morgan fingerprint density at radius 2 is 1.63 bits per heavy atom. The lowest BCUT2D eigenvalue weighted by Gasteiger charge is -2.27. The second kappa shape index (κ2) is 11.3. The predicted molar refractivity (Wildman–Crippen MR) is 108 cm³/mol. The van der Waals surface area contributed by atoms with Gasteiger partial charge in [0.1, 0.15) is 12.4 Å². The molecule has 0 aromatic heterocycles. The number of benzene rings is 1. The van der Waals surface area contributed by atoms with Crippen molar-refractivity contribution in [3.63, 3.8) is 0 Å². The maximum atomic E-state index is 12.7. The van der Waals surface area contributed by atoms with Crippen LogP contribution in [-0.2, 0) is 19.4 Å². The van der Waals surface area contributed by atoms with Gasteiger partial charge in [-0.15, -0.1) is 12.4 Å². The molecule has 0 bridgehead atoms. The number of ketones is 1. The zero-order chi connectivity index (χ0) is 19.8. The molecule has 1 aromatic carbocycles. The Hall–Kier alpha value is -1.64. The number of sulfone groups is 1. The van der Waals surface area contributed by atoms with Crippen LogP contribution in [0.1, 0.15) is 39.5 Å². The molecule has 0 aliphatic heterocycles. The highest BCUT2D eigenvalue weighted by molar-refractivity contribution is 7.92. The van der Waals surface area contributed by atoms with E-state index in [2.05, 4.69) is 0 Å². The normalized spacial score (nSPS) is 13.5. The first-order chi connectivity index (χ1) is 12.2. The first-order valence-corrected chi connectivity index (χ1v) is 10.4. The highest BCUT2D eigenvalue weighted by Gasteiger charge is 2.46. The van der Waals surface area contributed by atoms with Crippen LogP contribution in [0.2, 0.25) is 0 Å². The van der Waals surface area contributed by atoms with Gasteiger partial charge >= 0.3 is 0 Å². The Labute approximate surface area is 167 Å². The van der Waals surface area contributed by atoms with Crippen molar-refractivity contribution < 1.29 is 22.7 Å². The number of primary amides is 1. The maximum absolute atomic E-state index is 12.7. The van der Waals surface area contributed by atoms with Crippen molar-refractivity contribution in [2.24, 2.45) is 11.5 Å². The number of hydrogen-bond acceptors (Lipinski definition) is 6. The van der Waals surface area contributed by atoms with Gasteiger partial charge in [0.2, 0.25) is 11.7 Å². The van der Waals surface area contributed by atoms with Gasteiger partial charge in [-0.25, -0.2) is 8.42 Å². The summed E-state index contributed by atoms with van der Waals surface area (Å²) in [5.74, 6) is -2.43. The minimum atomic E-state index is -3.78. The topological polar surface area (TPSA) is 130 Å². The van der Waals surface area contributed by atoms with Gasteiger partial charge in [-0.05, 0) is 25.0 Å². The van der Waals surface area contributed by atoms with Crippen LogP contribution in [0, 0.1) is 0 Å². The number of halogens is 1. The van der Waals surface area contributed by atoms with Crippen LogP contribution in [0.25, 0.3) is 0 Å². The third-order valence-corrected chi connectivity index (χ3v) is 6.55. The van der Waals surface area contributed by atoms with Gasteiger partial charge in [-0.2, -0.15) is 0 Å². The average molecular weight is 421 g/mol. The van der Waals surface area contributed by atoms with Gasteiger partial charge in [-0.1, -0.05) is 44.9 Å². The standard InChI is InChI=1S/C18H28N2O5S.ClH/c1-3-8-15(9-4-2)26(23,24)13-18(20,17(19)22)16(21)12-25-14-10-6-5-7-11-14;/h5-7,10-11,15H,3-4,8-9,12-13,20H2,1-2H3,(H2,19,22);1H/t18-;/m1./s1. The number of hydrogen-bond donors (Lipinski definition) is 2. The summed E-state index contributed by atoms with van der Waals surface area (Å²) in [5.41, 5.74) is 8.86. The fourth-order valence-electron chi connectivity index (χ4n) is 2.67. The number of amides is 1. The van der Waals surface area contributed by atoms with E-state index in [1.54, 1.807) is 30.3 Å². The lowest BCUT2D eigenvalue weighted by atomic mass is 9.97. The lowest BCUT2D eigenvalue weighted by Crippen LogP contribution is -2.64. The van der Waals surface area contributed by atoms with Crippen molar-refractivity contribution in [3.8, 4) is 5.75 Å². The van der Waals surface area contributed by atoms with Gasteiger partial charge in [-0.3, -0.25) is 9.59 Å². The summed E-state index contributed by atoms with van der Waals surface area (Å²) in [6, 6.07) is 8.47. The van der Waals surface area contributed by atoms with Crippen molar-refractivity contribution in [1.29, 1.82) is 0 Å². The van der Waals surface area contributed by atoms with E-state index in [0.717, 1.165) is 0 Å². The summed E-state index contributed by atoms with van der Waals surface area (Å²) >= 11 is 0. The Kier molecular flexibility index (Phi) is 10.6. The second-order valence-corrected chi connectivity index (χ2v) is 8.65. The average Bonchev–Trinajstić information content (AvgIpc) is 2.59. The van der Waals surface area contributed by atoms with Crippen LogP contribution in [0.5, 0.6) is 5.75 Å². The predicted octanol–water partition coefficient (Wildman–Crippen LogP) is 1.62. The van der Waals surface area contributed by atoms with Crippen LogP contribution in [-0.4, -0.2) is 43.3 Å². The SMILES string of the molecule is CCCC(CCC)S(=O)(=O)C[C@](N)(C(N)=O)C(=O)COc1ccccc1.Cl. The van der Waals surface area contributed by atoms with E-state index in [0.29, 0.717) is 31.4 Å². The monoisotopic (exact) mass is 420 g/mol. The van der Waals surface area contributed by atoms with Crippen LogP contribution in [0.3, 0.4) is 0 Å². The third-order valence-electron chi connectivity index (χ3n) is 4.21. The number of para-hydroxylation sites is 1. The van der Waals surface area contributed by atoms with E-state index in [-0.39, 0.29) is 12.4 Å². The van der Waals surface area contributed by atoms with Crippen molar-refractivity contribution in [2.45, 2.75) is 50.3 Å². The molecule has 1 atom stereocenters. The van der Waals surface area contributed by atoms with Gasteiger partial charge < -0.3 is 16.2 Å². The molecule has 0 fully saturated rings. The maximum Gasteiger partial charge on any atom is 0.246 e. The summed E-state index contributed by atoms with van der Waals surface area (Å²) in [4.78, 5) is 24.3. The largest absolute Gasteiger partial charge is 0.486 e. The van der Waals surface area contributed by atoms with Gasteiger partial charge in [0, 0.05) is 0 Å². The molecular formula is C18H29ClN2O5S.